The number of nitrogens with zero attached hydrogens (tertiary/aromatic N) is 3. The molecule has 1 heterocycles. The van der Waals surface area contributed by atoms with Gasteiger partial charge in [-0.25, -0.2) is 0 Å². The second-order valence-electron chi connectivity index (χ2n) is 3.97. The predicted octanol–water partition coefficient (Wildman–Crippen LogP) is 2.22. The summed E-state index contributed by atoms with van der Waals surface area (Å²) in [5.41, 5.74) is 2.73. The smallest absolute Gasteiger partial charge is 0.267 e. The minimum absolute atomic E-state index is 0.0572. The SMILES string of the molecule is Cc1ccccc1-c1nnsc1C(=O)N(C)C. The lowest BCUT2D eigenvalue weighted by Crippen LogP contribution is -2.21. The maximum atomic E-state index is 12.0. The summed E-state index contributed by atoms with van der Waals surface area (Å²) in [4.78, 5) is 14.1. The number of carbonyl (C=O) groups is 1. The molecule has 2 rings (SSSR count). The summed E-state index contributed by atoms with van der Waals surface area (Å²) in [7, 11) is 3.45. The van der Waals surface area contributed by atoms with E-state index < -0.39 is 0 Å². The summed E-state index contributed by atoms with van der Waals surface area (Å²) in [5, 5.41) is 4.07. The number of amides is 1. The van der Waals surface area contributed by atoms with E-state index in [4.69, 9.17) is 0 Å². The largest absolute Gasteiger partial charge is 0.344 e. The van der Waals surface area contributed by atoms with E-state index >= 15 is 0 Å². The predicted molar refractivity (Wildman–Crippen MR) is 68.1 cm³/mol. The molecule has 1 amide bonds. The molecule has 0 radical (unpaired) electrons. The molecule has 1 aromatic heterocycles. The Morgan fingerprint density at radius 2 is 2.00 bits per heavy atom. The average Bonchev–Trinajstić information content (AvgIpc) is 2.77. The topological polar surface area (TPSA) is 46.1 Å². The molecular weight excluding hydrogens is 234 g/mol. The lowest BCUT2D eigenvalue weighted by Gasteiger charge is -2.09. The van der Waals surface area contributed by atoms with Gasteiger partial charge in [0.1, 0.15) is 10.6 Å². The molecule has 0 N–H and O–H groups in total. The van der Waals surface area contributed by atoms with Crippen molar-refractivity contribution in [3.8, 4) is 11.3 Å². The molecule has 0 bridgehead atoms. The fourth-order valence-electron chi connectivity index (χ4n) is 1.55. The first-order valence-electron chi connectivity index (χ1n) is 5.21. The molecule has 0 fully saturated rings. The molecule has 0 saturated heterocycles. The van der Waals surface area contributed by atoms with Crippen LogP contribution in [0.25, 0.3) is 11.3 Å². The number of hydrogen-bond donors (Lipinski definition) is 0. The summed E-state index contributed by atoms with van der Waals surface area (Å²) < 4.78 is 3.89. The van der Waals surface area contributed by atoms with Crippen molar-refractivity contribution in [2.75, 3.05) is 14.1 Å². The van der Waals surface area contributed by atoms with E-state index in [9.17, 15) is 4.79 Å². The van der Waals surface area contributed by atoms with Crippen molar-refractivity contribution in [3.63, 3.8) is 0 Å². The standard InChI is InChI=1S/C12H13N3OS/c1-8-6-4-5-7-9(8)10-11(17-14-13-10)12(16)15(2)3/h4-7H,1-3H3. The van der Waals surface area contributed by atoms with Crippen molar-refractivity contribution in [3.05, 3.63) is 34.7 Å². The van der Waals surface area contributed by atoms with Gasteiger partial charge in [0.15, 0.2) is 0 Å². The van der Waals surface area contributed by atoms with E-state index in [2.05, 4.69) is 9.59 Å². The molecule has 2 aromatic rings. The molecular formula is C12H13N3OS. The second kappa shape index (κ2) is 4.63. The van der Waals surface area contributed by atoms with Crippen LogP contribution in [0.15, 0.2) is 24.3 Å². The first-order valence-corrected chi connectivity index (χ1v) is 5.98. The highest BCUT2D eigenvalue weighted by Gasteiger charge is 2.19. The summed E-state index contributed by atoms with van der Waals surface area (Å²) in [6.07, 6.45) is 0. The highest BCUT2D eigenvalue weighted by Crippen LogP contribution is 2.27. The first kappa shape index (κ1) is 11.7. The minimum atomic E-state index is -0.0572. The zero-order chi connectivity index (χ0) is 12.4. The number of aromatic nitrogens is 2. The van der Waals surface area contributed by atoms with Gasteiger partial charge in [-0.05, 0) is 24.0 Å². The molecule has 0 spiro atoms. The molecule has 4 nitrogen and oxygen atoms in total. The summed E-state index contributed by atoms with van der Waals surface area (Å²) >= 11 is 1.14. The van der Waals surface area contributed by atoms with Crippen LogP contribution in [0, 0.1) is 6.92 Å². The Hall–Kier alpha value is -1.75. The van der Waals surface area contributed by atoms with E-state index in [1.165, 1.54) is 4.90 Å². The fraction of sp³-hybridized carbons (Fsp3) is 0.250. The van der Waals surface area contributed by atoms with Gasteiger partial charge >= 0.3 is 0 Å². The molecule has 88 valence electrons. The normalized spacial score (nSPS) is 10.3. The van der Waals surface area contributed by atoms with Crippen LogP contribution >= 0.6 is 11.5 Å². The van der Waals surface area contributed by atoms with Gasteiger partial charge in [-0.3, -0.25) is 4.79 Å². The van der Waals surface area contributed by atoms with Crippen LogP contribution in [0.1, 0.15) is 15.2 Å². The maximum absolute atomic E-state index is 12.0. The van der Waals surface area contributed by atoms with E-state index in [1.54, 1.807) is 14.1 Å². The maximum Gasteiger partial charge on any atom is 0.267 e. The van der Waals surface area contributed by atoms with Crippen LogP contribution < -0.4 is 0 Å². The average molecular weight is 247 g/mol. The highest BCUT2D eigenvalue weighted by atomic mass is 32.1. The Balaban J connectivity index is 2.52. The van der Waals surface area contributed by atoms with Crippen LogP contribution in [0.2, 0.25) is 0 Å². The summed E-state index contributed by atoms with van der Waals surface area (Å²) in [6.45, 7) is 2.00. The molecule has 0 aliphatic rings. The third-order valence-corrected chi connectivity index (χ3v) is 3.20. The zero-order valence-corrected chi connectivity index (χ0v) is 10.8. The number of hydrogen-bond acceptors (Lipinski definition) is 4. The van der Waals surface area contributed by atoms with E-state index in [-0.39, 0.29) is 5.91 Å². The van der Waals surface area contributed by atoms with Crippen molar-refractivity contribution in [2.24, 2.45) is 0 Å². The first-order chi connectivity index (χ1) is 8.11. The number of carbonyl (C=O) groups excluding carboxylic acids is 1. The lowest BCUT2D eigenvalue weighted by molar-refractivity contribution is 0.0832. The molecule has 0 aliphatic carbocycles. The molecule has 0 saturated carbocycles. The van der Waals surface area contributed by atoms with Gasteiger partial charge in [-0.1, -0.05) is 28.8 Å². The zero-order valence-electron chi connectivity index (χ0n) is 9.97. The summed E-state index contributed by atoms with van der Waals surface area (Å²) in [5.74, 6) is -0.0572. The van der Waals surface area contributed by atoms with Crippen LogP contribution in [0.5, 0.6) is 0 Å². The van der Waals surface area contributed by atoms with Gasteiger partial charge in [0.2, 0.25) is 0 Å². The number of rotatable bonds is 2. The quantitative estimate of drug-likeness (QED) is 0.817. The molecule has 0 unspecified atom stereocenters. The van der Waals surface area contributed by atoms with Crippen LogP contribution in [0.4, 0.5) is 0 Å². The molecule has 17 heavy (non-hydrogen) atoms. The van der Waals surface area contributed by atoms with Crippen LogP contribution in [-0.2, 0) is 0 Å². The minimum Gasteiger partial charge on any atom is -0.344 e. The third-order valence-electron chi connectivity index (χ3n) is 2.49. The van der Waals surface area contributed by atoms with Crippen LogP contribution in [0.3, 0.4) is 0 Å². The Morgan fingerprint density at radius 3 is 2.65 bits per heavy atom. The van der Waals surface area contributed by atoms with Crippen molar-refractivity contribution in [1.29, 1.82) is 0 Å². The van der Waals surface area contributed by atoms with Crippen molar-refractivity contribution >= 4 is 17.4 Å². The van der Waals surface area contributed by atoms with Gasteiger partial charge in [0.25, 0.3) is 5.91 Å². The van der Waals surface area contributed by atoms with Crippen molar-refractivity contribution in [2.45, 2.75) is 6.92 Å². The van der Waals surface area contributed by atoms with Gasteiger partial charge in [-0.2, -0.15) is 0 Å². The van der Waals surface area contributed by atoms with Crippen molar-refractivity contribution in [1.82, 2.24) is 14.5 Å². The Morgan fingerprint density at radius 1 is 1.29 bits per heavy atom. The van der Waals surface area contributed by atoms with Gasteiger partial charge < -0.3 is 4.90 Å². The third kappa shape index (κ3) is 2.19. The number of aryl methyl sites for hydroxylation is 1. The monoisotopic (exact) mass is 247 g/mol. The van der Waals surface area contributed by atoms with Gasteiger partial charge in [-0.15, -0.1) is 5.10 Å². The van der Waals surface area contributed by atoms with E-state index in [1.807, 2.05) is 31.2 Å². The Kier molecular flexibility index (Phi) is 3.19. The Labute approximate surface area is 104 Å². The molecule has 0 aliphatic heterocycles. The molecule has 5 heteroatoms. The van der Waals surface area contributed by atoms with Gasteiger partial charge in [0.05, 0.1) is 0 Å². The molecule has 1 aromatic carbocycles. The lowest BCUT2D eigenvalue weighted by atomic mass is 10.1. The Bertz CT molecular complexity index is 548. The van der Waals surface area contributed by atoms with E-state index in [0.717, 1.165) is 22.7 Å². The second-order valence-corrected chi connectivity index (χ2v) is 4.72. The van der Waals surface area contributed by atoms with Gasteiger partial charge in [0, 0.05) is 19.7 Å². The molecule has 0 atom stereocenters. The fourth-order valence-corrected chi connectivity index (χ4v) is 2.25. The van der Waals surface area contributed by atoms with E-state index in [0.29, 0.717) is 10.6 Å². The van der Waals surface area contributed by atoms with Crippen molar-refractivity contribution < 1.29 is 4.79 Å². The number of benzene rings is 1. The summed E-state index contributed by atoms with van der Waals surface area (Å²) in [6, 6.07) is 7.86. The van der Waals surface area contributed by atoms with Crippen LogP contribution in [-0.4, -0.2) is 34.5 Å². The highest BCUT2D eigenvalue weighted by molar-refractivity contribution is 7.08.